The van der Waals surface area contributed by atoms with Gasteiger partial charge in [0.25, 0.3) is 5.91 Å². The number of carbonyl (C=O) groups excluding carboxylic acids is 1. The topological polar surface area (TPSA) is 103 Å². The first-order valence-electron chi connectivity index (χ1n) is 8.99. The molecule has 29 heavy (non-hydrogen) atoms. The molecule has 0 fully saturated rings. The second kappa shape index (κ2) is 10.1. The van der Waals surface area contributed by atoms with Crippen LogP contribution in [-0.4, -0.2) is 41.7 Å². The van der Waals surface area contributed by atoms with Gasteiger partial charge in [-0.25, -0.2) is 13.1 Å². The number of anilines is 1. The van der Waals surface area contributed by atoms with Crippen LogP contribution in [0, 0.1) is 5.92 Å². The first-order valence-corrected chi connectivity index (χ1v) is 10.5. The smallest absolute Gasteiger partial charge is 0.262 e. The fraction of sp³-hybridized carbons (Fsp3) is 0.350. The molecule has 0 bridgehead atoms. The van der Waals surface area contributed by atoms with Crippen molar-refractivity contribution < 1.29 is 27.4 Å². The fourth-order valence-electron chi connectivity index (χ4n) is 2.33. The second-order valence-electron chi connectivity index (χ2n) is 6.62. The molecule has 9 heteroatoms. The number of benzene rings is 2. The van der Waals surface area contributed by atoms with E-state index in [2.05, 4.69) is 10.0 Å². The summed E-state index contributed by atoms with van der Waals surface area (Å²) < 4.78 is 42.7. The van der Waals surface area contributed by atoms with Gasteiger partial charge in [-0.2, -0.15) is 0 Å². The SMILES string of the molecule is COc1ccc(NC(=O)COc2ccc(S(=O)(=O)NCC(C)C)cc2)cc1OC. The number of amides is 1. The maximum absolute atomic E-state index is 12.2. The minimum atomic E-state index is -3.56. The van der Waals surface area contributed by atoms with Gasteiger partial charge in [-0.3, -0.25) is 4.79 Å². The molecule has 0 saturated carbocycles. The van der Waals surface area contributed by atoms with Crippen LogP contribution in [-0.2, 0) is 14.8 Å². The van der Waals surface area contributed by atoms with E-state index in [1.165, 1.54) is 38.5 Å². The van der Waals surface area contributed by atoms with Crippen molar-refractivity contribution in [1.29, 1.82) is 0 Å². The van der Waals surface area contributed by atoms with Gasteiger partial charge in [-0.05, 0) is 42.3 Å². The highest BCUT2D eigenvalue weighted by Crippen LogP contribution is 2.29. The van der Waals surface area contributed by atoms with Gasteiger partial charge in [0.2, 0.25) is 10.0 Å². The first-order chi connectivity index (χ1) is 13.7. The number of ether oxygens (including phenoxy) is 3. The van der Waals surface area contributed by atoms with E-state index in [0.717, 1.165) is 0 Å². The predicted molar refractivity (Wildman–Crippen MR) is 110 cm³/mol. The van der Waals surface area contributed by atoms with Crippen molar-refractivity contribution in [3.05, 3.63) is 42.5 Å². The minimum absolute atomic E-state index is 0.139. The van der Waals surface area contributed by atoms with Crippen LogP contribution in [0.2, 0.25) is 0 Å². The Hall–Kier alpha value is -2.78. The number of rotatable bonds is 10. The Balaban J connectivity index is 1.92. The molecule has 0 aliphatic heterocycles. The maximum Gasteiger partial charge on any atom is 0.262 e. The molecule has 0 atom stereocenters. The maximum atomic E-state index is 12.2. The van der Waals surface area contributed by atoms with E-state index in [1.807, 2.05) is 13.8 Å². The van der Waals surface area contributed by atoms with Crippen molar-refractivity contribution in [2.45, 2.75) is 18.7 Å². The van der Waals surface area contributed by atoms with Gasteiger partial charge in [0.1, 0.15) is 5.75 Å². The number of hydrogen-bond acceptors (Lipinski definition) is 6. The van der Waals surface area contributed by atoms with Crippen molar-refractivity contribution in [3.8, 4) is 17.2 Å². The van der Waals surface area contributed by atoms with E-state index in [-0.39, 0.29) is 23.3 Å². The summed E-state index contributed by atoms with van der Waals surface area (Å²) in [4.78, 5) is 12.2. The number of sulfonamides is 1. The highest BCUT2D eigenvalue weighted by Gasteiger charge is 2.14. The van der Waals surface area contributed by atoms with Crippen LogP contribution < -0.4 is 24.2 Å². The van der Waals surface area contributed by atoms with Crippen LogP contribution in [0.1, 0.15) is 13.8 Å². The van der Waals surface area contributed by atoms with E-state index in [9.17, 15) is 13.2 Å². The normalized spacial score (nSPS) is 11.2. The average molecular weight is 423 g/mol. The number of nitrogens with one attached hydrogen (secondary N) is 2. The second-order valence-corrected chi connectivity index (χ2v) is 8.39. The van der Waals surface area contributed by atoms with Gasteiger partial charge >= 0.3 is 0 Å². The molecule has 8 nitrogen and oxygen atoms in total. The number of methoxy groups -OCH3 is 2. The molecule has 2 rings (SSSR count). The Bertz CT molecular complexity index is 926. The zero-order valence-corrected chi connectivity index (χ0v) is 17.7. The van der Waals surface area contributed by atoms with E-state index < -0.39 is 10.0 Å². The third-order valence-corrected chi connectivity index (χ3v) is 5.29. The van der Waals surface area contributed by atoms with E-state index in [0.29, 0.717) is 29.5 Å². The lowest BCUT2D eigenvalue weighted by Gasteiger charge is -2.12. The summed E-state index contributed by atoms with van der Waals surface area (Å²) in [5, 5.41) is 2.70. The zero-order chi connectivity index (χ0) is 21.4. The summed E-state index contributed by atoms with van der Waals surface area (Å²) in [5.41, 5.74) is 0.536. The lowest BCUT2D eigenvalue weighted by Crippen LogP contribution is -2.27. The number of hydrogen-bond donors (Lipinski definition) is 2. The van der Waals surface area contributed by atoms with Crippen molar-refractivity contribution >= 4 is 21.6 Å². The zero-order valence-electron chi connectivity index (χ0n) is 16.9. The molecule has 2 aromatic rings. The minimum Gasteiger partial charge on any atom is -0.493 e. The fourth-order valence-corrected chi connectivity index (χ4v) is 3.55. The third kappa shape index (κ3) is 6.65. The highest BCUT2D eigenvalue weighted by atomic mass is 32.2. The molecule has 0 heterocycles. The van der Waals surface area contributed by atoms with Gasteiger partial charge in [-0.1, -0.05) is 13.8 Å². The molecule has 0 radical (unpaired) electrons. The Kier molecular flexibility index (Phi) is 7.86. The van der Waals surface area contributed by atoms with Gasteiger partial charge in [-0.15, -0.1) is 0 Å². The Morgan fingerprint density at radius 2 is 1.66 bits per heavy atom. The Labute approximate surface area is 171 Å². The summed E-state index contributed by atoms with van der Waals surface area (Å²) in [6.07, 6.45) is 0. The average Bonchev–Trinajstić information content (AvgIpc) is 2.71. The summed E-state index contributed by atoms with van der Waals surface area (Å²) in [7, 11) is -0.526. The van der Waals surface area contributed by atoms with Crippen LogP contribution in [0.25, 0.3) is 0 Å². The van der Waals surface area contributed by atoms with Crippen molar-refractivity contribution in [1.82, 2.24) is 4.72 Å². The molecule has 0 aliphatic carbocycles. The standard InChI is InChI=1S/C20H26N2O6S/c1-14(2)12-21-29(24,25)17-8-6-16(7-9-17)28-13-20(23)22-15-5-10-18(26-3)19(11-15)27-4/h5-11,14,21H,12-13H2,1-4H3,(H,22,23). The van der Waals surface area contributed by atoms with Gasteiger partial charge < -0.3 is 19.5 Å². The lowest BCUT2D eigenvalue weighted by atomic mass is 10.2. The molecule has 1 amide bonds. The van der Waals surface area contributed by atoms with Gasteiger partial charge in [0, 0.05) is 18.3 Å². The molecule has 0 unspecified atom stereocenters. The molecule has 0 spiro atoms. The van der Waals surface area contributed by atoms with Crippen molar-refractivity contribution in [2.24, 2.45) is 5.92 Å². The van der Waals surface area contributed by atoms with E-state index >= 15 is 0 Å². The van der Waals surface area contributed by atoms with E-state index in [4.69, 9.17) is 14.2 Å². The molecule has 0 saturated heterocycles. The predicted octanol–water partition coefficient (Wildman–Crippen LogP) is 2.66. The summed E-state index contributed by atoms with van der Waals surface area (Å²) in [6, 6.07) is 10.9. The highest BCUT2D eigenvalue weighted by molar-refractivity contribution is 7.89. The van der Waals surface area contributed by atoms with Gasteiger partial charge in [0.05, 0.1) is 19.1 Å². The molecule has 158 valence electrons. The quantitative estimate of drug-likeness (QED) is 0.610. The molecular weight excluding hydrogens is 396 g/mol. The Morgan fingerprint density at radius 3 is 2.24 bits per heavy atom. The van der Waals surface area contributed by atoms with Crippen LogP contribution in [0.3, 0.4) is 0 Å². The van der Waals surface area contributed by atoms with E-state index in [1.54, 1.807) is 18.2 Å². The number of carbonyl (C=O) groups is 1. The third-order valence-electron chi connectivity index (χ3n) is 3.85. The Morgan fingerprint density at radius 1 is 1.00 bits per heavy atom. The summed E-state index contributed by atoms with van der Waals surface area (Å²) >= 11 is 0. The van der Waals surface area contributed by atoms with Crippen LogP contribution in [0.4, 0.5) is 5.69 Å². The summed E-state index contributed by atoms with van der Waals surface area (Å²) in [6.45, 7) is 3.97. The van der Waals surface area contributed by atoms with Crippen molar-refractivity contribution in [3.63, 3.8) is 0 Å². The van der Waals surface area contributed by atoms with Crippen LogP contribution in [0.15, 0.2) is 47.4 Å². The van der Waals surface area contributed by atoms with Crippen LogP contribution in [0.5, 0.6) is 17.2 Å². The van der Waals surface area contributed by atoms with Crippen LogP contribution >= 0.6 is 0 Å². The van der Waals surface area contributed by atoms with Gasteiger partial charge in [0.15, 0.2) is 18.1 Å². The molecule has 0 aromatic heterocycles. The monoisotopic (exact) mass is 422 g/mol. The largest absolute Gasteiger partial charge is 0.493 e. The molecule has 2 aromatic carbocycles. The molecule has 0 aliphatic rings. The van der Waals surface area contributed by atoms with Crippen molar-refractivity contribution in [2.75, 3.05) is 32.7 Å². The molecule has 2 N–H and O–H groups in total. The summed E-state index contributed by atoms with van der Waals surface area (Å²) in [5.74, 6) is 1.27. The first kappa shape index (κ1) is 22.5. The lowest BCUT2D eigenvalue weighted by molar-refractivity contribution is -0.118. The molecular formula is C20H26N2O6S.